The van der Waals surface area contributed by atoms with Crippen molar-refractivity contribution in [1.82, 2.24) is 10.6 Å². The normalized spacial score (nSPS) is 12.3. The number of benzene rings is 2. The van der Waals surface area contributed by atoms with E-state index in [1.807, 2.05) is 6.07 Å². The third-order valence-electron chi connectivity index (χ3n) is 5.97. The van der Waals surface area contributed by atoms with Crippen molar-refractivity contribution in [3.8, 4) is 5.75 Å². The monoisotopic (exact) mass is 650 g/mol. The molecule has 0 fully saturated rings. The zero-order chi connectivity index (χ0) is 29.3. The first-order valence-corrected chi connectivity index (χ1v) is 13.3. The molecule has 0 aliphatic rings. The lowest BCUT2D eigenvalue weighted by Crippen LogP contribution is -2.54. The van der Waals surface area contributed by atoms with E-state index in [0.29, 0.717) is 28.0 Å². The van der Waals surface area contributed by atoms with E-state index in [2.05, 4.69) is 33.2 Å². The molecular weight excluding hydrogens is 617 g/mol. The van der Waals surface area contributed by atoms with Crippen LogP contribution in [0.25, 0.3) is 0 Å². The molecule has 3 N–H and O–H groups in total. The molecule has 0 bridgehead atoms. The van der Waals surface area contributed by atoms with Gasteiger partial charge in [-0.05, 0) is 71.7 Å². The number of hydrogen-bond donors (Lipinski definition) is 3. The number of ketones is 1. The average Bonchev–Trinajstić information content (AvgIpc) is 2.85. The Hall–Kier alpha value is -3.48. The predicted molar refractivity (Wildman–Crippen MR) is 152 cm³/mol. The Labute approximate surface area is 241 Å². The van der Waals surface area contributed by atoms with Crippen molar-refractivity contribution in [3.05, 3.63) is 62.2 Å². The number of nitrogens with one attached hydrogen (secondary N) is 2. The van der Waals surface area contributed by atoms with E-state index in [4.69, 9.17) is 9.47 Å². The number of carbonyl (C=O) groups excluding carboxylic acids is 4. The molecule has 0 saturated heterocycles. The molecule has 0 aliphatic heterocycles. The molecule has 2 atom stereocenters. The van der Waals surface area contributed by atoms with Crippen LogP contribution in [0.1, 0.15) is 47.3 Å². The molecule has 2 amide bonds. The summed E-state index contributed by atoms with van der Waals surface area (Å²) in [6.07, 6.45) is -0.772. The fourth-order valence-electron chi connectivity index (χ4n) is 3.95. The molecule has 0 heterocycles. The first-order valence-electron chi connectivity index (χ1n) is 12.2. The van der Waals surface area contributed by atoms with Gasteiger partial charge in [0.1, 0.15) is 17.8 Å². The zero-order valence-electron chi connectivity index (χ0n) is 22.5. The Kier molecular flexibility index (Phi) is 11.9. The molecule has 2 aromatic rings. The number of carbonyl (C=O) groups is 5. The molecular formula is C28H33IN2O8. The highest BCUT2D eigenvalue weighted by molar-refractivity contribution is 14.1. The molecule has 2 rings (SSSR count). The number of carboxylic acid groups (broad SMARTS) is 1. The first-order chi connectivity index (χ1) is 18.3. The largest absolute Gasteiger partial charge is 0.496 e. The smallest absolute Gasteiger partial charge is 0.339 e. The molecule has 0 aromatic heterocycles. The van der Waals surface area contributed by atoms with E-state index in [1.165, 1.54) is 7.11 Å². The van der Waals surface area contributed by atoms with Crippen LogP contribution in [0.4, 0.5) is 0 Å². The number of Topliss-reactive ketones (excluding diaryl/α,β-unsaturated/α-hetero) is 1. The quantitative estimate of drug-likeness (QED) is 0.222. The molecule has 0 spiro atoms. The average molecular weight is 650 g/mol. The summed E-state index contributed by atoms with van der Waals surface area (Å²) in [5.41, 5.74) is 2.29. The first kappa shape index (κ1) is 31.7. The number of ether oxygens (including phenoxy) is 2. The number of methoxy groups -OCH3 is 1. The van der Waals surface area contributed by atoms with Gasteiger partial charge in [0.2, 0.25) is 11.8 Å². The van der Waals surface area contributed by atoms with Crippen molar-refractivity contribution in [2.24, 2.45) is 5.92 Å². The second-order valence-corrected chi connectivity index (χ2v) is 10.6. The van der Waals surface area contributed by atoms with Gasteiger partial charge in [0, 0.05) is 9.13 Å². The second kappa shape index (κ2) is 14.6. The lowest BCUT2D eigenvalue weighted by Gasteiger charge is -2.24. The lowest BCUT2D eigenvalue weighted by molar-refractivity contribution is -0.141. The molecule has 2 aromatic carbocycles. The highest BCUT2D eigenvalue weighted by atomic mass is 125. The highest BCUT2D eigenvalue weighted by Gasteiger charge is 2.31. The molecule has 0 radical (unpaired) electrons. The summed E-state index contributed by atoms with van der Waals surface area (Å²) in [6.45, 7) is 6.14. The number of hydrogen-bond acceptors (Lipinski definition) is 7. The SMILES string of the molecule is COc1ccc([125I])cc1CC(=O)N[C@H](C(=O)NC(CC(=O)O)C(=O)COC(=O)c1c(C)cccc1C)C(C)C. The minimum Gasteiger partial charge on any atom is -0.496 e. The molecule has 1 unspecified atom stereocenters. The molecule has 0 saturated carbocycles. The van der Waals surface area contributed by atoms with Crippen LogP contribution >= 0.6 is 22.6 Å². The van der Waals surface area contributed by atoms with Crippen molar-refractivity contribution < 1.29 is 38.6 Å². The van der Waals surface area contributed by atoms with Gasteiger partial charge in [-0.3, -0.25) is 19.2 Å². The van der Waals surface area contributed by atoms with Crippen LogP contribution in [0.3, 0.4) is 0 Å². The molecule has 11 heteroatoms. The molecule has 210 valence electrons. The number of aryl methyl sites for hydroxylation is 2. The highest BCUT2D eigenvalue weighted by Crippen LogP contribution is 2.21. The van der Waals surface area contributed by atoms with Gasteiger partial charge in [0.05, 0.1) is 25.5 Å². The van der Waals surface area contributed by atoms with E-state index >= 15 is 0 Å². The Morgan fingerprint density at radius 1 is 1.00 bits per heavy atom. The number of amides is 2. The van der Waals surface area contributed by atoms with Crippen molar-refractivity contribution in [3.63, 3.8) is 0 Å². The topological polar surface area (TPSA) is 148 Å². The van der Waals surface area contributed by atoms with E-state index in [-0.39, 0.29) is 12.3 Å². The fraction of sp³-hybridized carbons (Fsp3) is 0.393. The number of halogens is 1. The third-order valence-corrected chi connectivity index (χ3v) is 6.64. The Morgan fingerprint density at radius 3 is 2.21 bits per heavy atom. The summed E-state index contributed by atoms with van der Waals surface area (Å²) in [4.78, 5) is 62.7. The van der Waals surface area contributed by atoms with E-state index in [9.17, 15) is 29.1 Å². The van der Waals surface area contributed by atoms with Crippen LogP contribution in [-0.4, -0.2) is 60.4 Å². The summed E-state index contributed by atoms with van der Waals surface area (Å²) in [6, 6.07) is 8.11. The van der Waals surface area contributed by atoms with Gasteiger partial charge in [0.15, 0.2) is 12.4 Å². The minimum absolute atomic E-state index is 0.0533. The van der Waals surface area contributed by atoms with Gasteiger partial charge in [-0.1, -0.05) is 32.0 Å². The van der Waals surface area contributed by atoms with Crippen molar-refractivity contribution >= 4 is 52.1 Å². The minimum atomic E-state index is -1.46. The Bertz CT molecular complexity index is 1220. The standard InChI is InChI=1S/C28H33IN2O8/c1-15(2)26(31-23(33)12-18-11-19(29)9-10-22(18)38-5)27(36)30-20(13-24(34)35)21(32)14-39-28(37)25-16(3)7-6-8-17(25)4/h6-11,15,20,26H,12-14H2,1-5H3,(H,30,36)(H,31,33)(H,34,35)/t20?,26-/m0/s1/i29-2. The van der Waals surface area contributed by atoms with Gasteiger partial charge < -0.3 is 25.2 Å². The maximum absolute atomic E-state index is 13.1. The van der Waals surface area contributed by atoms with Crippen LogP contribution in [-0.2, 0) is 30.3 Å². The number of carboxylic acids is 1. The van der Waals surface area contributed by atoms with Crippen LogP contribution in [0.15, 0.2) is 36.4 Å². The second-order valence-electron chi connectivity index (χ2n) is 9.39. The van der Waals surface area contributed by atoms with Gasteiger partial charge >= 0.3 is 11.9 Å². The zero-order valence-corrected chi connectivity index (χ0v) is 24.7. The van der Waals surface area contributed by atoms with Crippen LogP contribution in [0.2, 0.25) is 0 Å². The van der Waals surface area contributed by atoms with Gasteiger partial charge in [-0.25, -0.2) is 4.79 Å². The van der Waals surface area contributed by atoms with Crippen molar-refractivity contribution in [1.29, 1.82) is 0 Å². The van der Waals surface area contributed by atoms with Gasteiger partial charge in [-0.2, -0.15) is 0 Å². The maximum Gasteiger partial charge on any atom is 0.339 e. The maximum atomic E-state index is 13.1. The summed E-state index contributed by atoms with van der Waals surface area (Å²) in [7, 11) is 1.49. The molecule has 0 aliphatic carbocycles. The van der Waals surface area contributed by atoms with Crippen LogP contribution in [0, 0.1) is 23.3 Å². The third kappa shape index (κ3) is 9.34. The lowest BCUT2D eigenvalue weighted by atomic mass is 10.0. The summed E-state index contributed by atoms with van der Waals surface area (Å²) < 4.78 is 11.4. The summed E-state index contributed by atoms with van der Waals surface area (Å²) in [5, 5.41) is 14.4. The van der Waals surface area contributed by atoms with Gasteiger partial charge in [0.25, 0.3) is 0 Å². The Morgan fingerprint density at radius 2 is 1.64 bits per heavy atom. The Balaban J connectivity index is 2.10. The van der Waals surface area contributed by atoms with E-state index in [0.717, 1.165) is 3.57 Å². The predicted octanol–water partition coefficient (Wildman–Crippen LogP) is 2.99. The summed E-state index contributed by atoms with van der Waals surface area (Å²) >= 11 is 2.11. The van der Waals surface area contributed by atoms with Crippen LogP contribution in [0.5, 0.6) is 5.75 Å². The summed E-state index contributed by atoms with van der Waals surface area (Å²) in [5.74, 6) is -3.87. The fourth-order valence-corrected chi connectivity index (χ4v) is 4.50. The molecule has 10 nitrogen and oxygen atoms in total. The van der Waals surface area contributed by atoms with Gasteiger partial charge in [-0.15, -0.1) is 0 Å². The number of rotatable bonds is 13. The van der Waals surface area contributed by atoms with E-state index in [1.54, 1.807) is 58.0 Å². The number of esters is 1. The molecule has 39 heavy (non-hydrogen) atoms. The van der Waals surface area contributed by atoms with Crippen molar-refractivity contribution in [2.45, 2.75) is 52.6 Å². The van der Waals surface area contributed by atoms with Crippen LogP contribution < -0.4 is 15.4 Å². The van der Waals surface area contributed by atoms with Crippen molar-refractivity contribution in [2.75, 3.05) is 13.7 Å². The number of aliphatic carboxylic acids is 1. The van der Waals surface area contributed by atoms with E-state index < -0.39 is 54.6 Å².